The van der Waals surface area contributed by atoms with Crippen molar-refractivity contribution in [2.45, 2.75) is 38.0 Å². The van der Waals surface area contributed by atoms with Gasteiger partial charge in [0.2, 0.25) is 0 Å². The van der Waals surface area contributed by atoms with Gasteiger partial charge in [0.1, 0.15) is 0 Å². The van der Waals surface area contributed by atoms with E-state index in [1.165, 1.54) is 5.75 Å². The molecule has 4 heteroatoms. The van der Waals surface area contributed by atoms with Gasteiger partial charge in [-0.3, -0.25) is 4.90 Å². The third kappa shape index (κ3) is 3.75. The molecule has 1 aliphatic rings. The number of nitrogens with two attached hydrogens (primary N) is 1. The molecule has 0 aliphatic carbocycles. The molecule has 0 saturated carbocycles. The van der Waals surface area contributed by atoms with Crippen LogP contribution < -0.4 is 5.73 Å². The second-order valence-electron chi connectivity index (χ2n) is 4.60. The largest absolute Gasteiger partial charge is 0.393 e. The van der Waals surface area contributed by atoms with E-state index in [2.05, 4.69) is 37.4 Å². The molecule has 0 amide bonds. The average Bonchev–Trinajstić information content (AvgIpc) is 2.01. The van der Waals surface area contributed by atoms with E-state index in [0.717, 1.165) is 19.5 Å². The maximum atomic E-state index is 5.57. The van der Waals surface area contributed by atoms with Crippen LogP contribution in [0.3, 0.4) is 0 Å². The summed E-state index contributed by atoms with van der Waals surface area (Å²) in [5.41, 5.74) is 5.57. The van der Waals surface area contributed by atoms with Crippen molar-refractivity contribution >= 4 is 29.0 Å². The Hall–Kier alpha value is 0.200. The molecule has 0 aromatic carbocycles. The second kappa shape index (κ2) is 4.81. The summed E-state index contributed by atoms with van der Waals surface area (Å²) in [5.74, 6) is 1.22. The van der Waals surface area contributed by atoms with Crippen molar-refractivity contribution in [1.29, 1.82) is 0 Å². The van der Waals surface area contributed by atoms with Crippen molar-refractivity contribution < 1.29 is 0 Å². The van der Waals surface area contributed by atoms with Crippen LogP contribution in [0.4, 0.5) is 0 Å². The maximum absolute atomic E-state index is 5.57. The minimum Gasteiger partial charge on any atom is -0.393 e. The first-order chi connectivity index (χ1) is 6.41. The summed E-state index contributed by atoms with van der Waals surface area (Å²) in [7, 11) is 0. The van der Waals surface area contributed by atoms with Crippen molar-refractivity contribution in [2.24, 2.45) is 5.73 Å². The van der Waals surface area contributed by atoms with Crippen LogP contribution in [0.5, 0.6) is 0 Å². The lowest BCUT2D eigenvalue weighted by atomic mass is 10.1. The molecule has 82 valence electrons. The third-order valence-electron chi connectivity index (χ3n) is 2.58. The fourth-order valence-electron chi connectivity index (χ4n) is 1.85. The number of thioether (sulfide) groups is 1. The van der Waals surface area contributed by atoms with Crippen molar-refractivity contribution in [2.75, 3.05) is 18.8 Å². The Morgan fingerprint density at radius 3 is 2.79 bits per heavy atom. The van der Waals surface area contributed by atoms with E-state index in [1.54, 1.807) is 0 Å². The monoisotopic (exact) mass is 232 g/mol. The van der Waals surface area contributed by atoms with E-state index >= 15 is 0 Å². The molecule has 1 fully saturated rings. The van der Waals surface area contributed by atoms with Gasteiger partial charge in [0.15, 0.2) is 0 Å². The summed E-state index contributed by atoms with van der Waals surface area (Å²) in [6.07, 6.45) is 0.843. The Morgan fingerprint density at radius 1 is 1.64 bits per heavy atom. The van der Waals surface area contributed by atoms with Crippen molar-refractivity contribution in [3.63, 3.8) is 0 Å². The quantitative estimate of drug-likeness (QED) is 0.752. The van der Waals surface area contributed by atoms with E-state index in [-0.39, 0.29) is 0 Å². The Morgan fingerprint density at radius 2 is 2.29 bits per heavy atom. The summed E-state index contributed by atoms with van der Waals surface area (Å²) in [6, 6.07) is 0.493. The second-order valence-corrected chi connectivity index (χ2v) is 6.92. The zero-order valence-corrected chi connectivity index (χ0v) is 10.9. The zero-order valence-electron chi connectivity index (χ0n) is 9.25. The van der Waals surface area contributed by atoms with Crippen molar-refractivity contribution in [1.82, 2.24) is 4.90 Å². The zero-order chi connectivity index (χ0) is 10.8. The molecule has 1 atom stereocenters. The van der Waals surface area contributed by atoms with Gasteiger partial charge in [0.05, 0.1) is 4.99 Å². The van der Waals surface area contributed by atoms with Gasteiger partial charge >= 0.3 is 0 Å². The highest BCUT2D eigenvalue weighted by molar-refractivity contribution is 8.00. The SMILES string of the molecule is CC(CC(N)=S)N1CCSC(C)(C)C1. The Bertz CT molecular complexity index is 216. The number of hydrogen-bond donors (Lipinski definition) is 1. The summed E-state index contributed by atoms with van der Waals surface area (Å²) >= 11 is 7.00. The van der Waals surface area contributed by atoms with Crippen LogP contribution in [0.2, 0.25) is 0 Å². The molecule has 1 heterocycles. The van der Waals surface area contributed by atoms with Gasteiger partial charge < -0.3 is 5.73 Å². The predicted molar refractivity (Wildman–Crippen MR) is 69.0 cm³/mol. The summed E-state index contributed by atoms with van der Waals surface area (Å²) in [5, 5.41) is 0. The lowest BCUT2D eigenvalue weighted by Gasteiger charge is -2.40. The first-order valence-corrected chi connectivity index (χ1v) is 6.46. The van der Waals surface area contributed by atoms with Gasteiger partial charge in [0.25, 0.3) is 0 Å². The van der Waals surface area contributed by atoms with Crippen molar-refractivity contribution in [3.05, 3.63) is 0 Å². The highest BCUT2D eigenvalue weighted by atomic mass is 32.2. The average molecular weight is 232 g/mol. The van der Waals surface area contributed by atoms with E-state index in [4.69, 9.17) is 18.0 Å². The molecule has 0 radical (unpaired) electrons. The molecule has 1 aliphatic heterocycles. The van der Waals surface area contributed by atoms with Gasteiger partial charge in [0, 0.05) is 36.1 Å². The summed E-state index contributed by atoms with van der Waals surface area (Å²) in [6.45, 7) is 9.12. The first kappa shape index (κ1) is 12.3. The summed E-state index contributed by atoms with van der Waals surface area (Å²) < 4.78 is 0.378. The smallest absolute Gasteiger partial charge is 0.0742 e. The lowest BCUT2D eigenvalue weighted by molar-refractivity contribution is 0.203. The minimum absolute atomic E-state index is 0.378. The molecule has 1 unspecified atom stereocenters. The van der Waals surface area contributed by atoms with Gasteiger partial charge in [-0.25, -0.2) is 0 Å². The Balaban J connectivity index is 2.47. The number of nitrogens with zero attached hydrogens (tertiary/aromatic N) is 1. The molecule has 0 aromatic rings. The lowest BCUT2D eigenvalue weighted by Crippen LogP contribution is -2.48. The highest BCUT2D eigenvalue weighted by Crippen LogP contribution is 2.30. The van der Waals surface area contributed by atoms with Crippen LogP contribution in [0.1, 0.15) is 27.2 Å². The van der Waals surface area contributed by atoms with Crippen LogP contribution in [-0.2, 0) is 0 Å². The van der Waals surface area contributed by atoms with Crippen LogP contribution in [0, 0.1) is 0 Å². The normalized spacial score (nSPS) is 24.5. The van der Waals surface area contributed by atoms with Gasteiger partial charge in [-0.2, -0.15) is 11.8 Å². The van der Waals surface area contributed by atoms with Crippen LogP contribution in [0.25, 0.3) is 0 Å². The highest BCUT2D eigenvalue weighted by Gasteiger charge is 2.29. The fourth-order valence-corrected chi connectivity index (χ4v) is 3.23. The molecule has 0 aromatic heterocycles. The van der Waals surface area contributed by atoms with Gasteiger partial charge in [-0.05, 0) is 20.8 Å². The minimum atomic E-state index is 0.378. The van der Waals surface area contributed by atoms with Crippen LogP contribution in [0.15, 0.2) is 0 Å². The van der Waals surface area contributed by atoms with E-state index < -0.39 is 0 Å². The molecule has 2 nitrogen and oxygen atoms in total. The maximum Gasteiger partial charge on any atom is 0.0742 e. The topological polar surface area (TPSA) is 29.3 Å². The van der Waals surface area contributed by atoms with E-state index in [0.29, 0.717) is 15.8 Å². The fraction of sp³-hybridized carbons (Fsp3) is 0.900. The molecule has 1 rings (SSSR count). The molecule has 1 saturated heterocycles. The van der Waals surface area contributed by atoms with Crippen LogP contribution >= 0.6 is 24.0 Å². The van der Waals surface area contributed by atoms with Gasteiger partial charge in [-0.1, -0.05) is 12.2 Å². The van der Waals surface area contributed by atoms with Crippen LogP contribution in [-0.4, -0.2) is 39.5 Å². The third-order valence-corrected chi connectivity index (χ3v) is 4.04. The number of thiocarbonyl (C=S) groups is 1. The predicted octanol–water partition coefficient (Wildman–Crippen LogP) is 1.88. The molecule has 0 bridgehead atoms. The molecule has 0 spiro atoms. The molecular formula is C10H20N2S2. The Kier molecular flexibility index (Phi) is 4.22. The van der Waals surface area contributed by atoms with Crippen molar-refractivity contribution in [3.8, 4) is 0 Å². The Labute approximate surface area is 96.6 Å². The number of rotatable bonds is 3. The summed E-state index contributed by atoms with van der Waals surface area (Å²) in [4.78, 5) is 3.13. The standard InChI is InChI=1S/C10H20N2S2/c1-8(6-9(11)13)12-4-5-14-10(2,3)7-12/h8H,4-7H2,1-3H3,(H2,11,13). The number of hydrogen-bond acceptors (Lipinski definition) is 3. The van der Waals surface area contributed by atoms with E-state index in [1.807, 2.05) is 0 Å². The van der Waals surface area contributed by atoms with Gasteiger partial charge in [-0.15, -0.1) is 0 Å². The first-order valence-electron chi connectivity index (χ1n) is 5.07. The molecule has 14 heavy (non-hydrogen) atoms. The molecule has 2 N–H and O–H groups in total. The van der Waals surface area contributed by atoms with E-state index in [9.17, 15) is 0 Å². The molecular weight excluding hydrogens is 212 g/mol.